The molecule has 16 heavy (non-hydrogen) atoms. The van der Waals surface area contributed by atoms with E-state index in [2.05, 4.69) is 4.98 Å². The highest BCUT2D eigenvalue weighted by atomic mass is 16.6. The summed E-state index contributed by atoms with van der Waals surface area (Å²) in [7, 11) is 0. The van der Waals surface area contributed by atoms with Gasteiger partial charge in [-0.3, -0.25) is 10.1 Å². The van der Waals surface area contributed by atoms with E-state index in [-0.39, 0.29) is 16.7 Å². The number of H-pyrrole nitrogens is 1. The van der Waals surface area contributed by atoms with Gasteiger partial charge in [-0.25, -0.2) is 0 Å². The lowest BCUT2D eigenvalue weighted by Crippen LogP contribution is -2.17. The first-order chi connectivity index (χ1) is 7.59. The Morgan fingerprint density at radius 2 is 2.31 bits per heavy atom. The molecule has 0 bridgehead atoms. The number of hydrogen-bond acceptors (Lipinski definition) is 3. The second-order valence-electron chi connectivity index (χ2n) is 3.95. The predicted molar refractivity (Wildman–Crippen MR) is 62.3 cm³/mol. The molecule has 0 saturated carbocycles. The summed E-state index contributed by atoms with van der Waals surface area (Å²) in [6, 6.07) is 5.10. The Labute approximate surface area is 92.4 Å². The van der Waals surface area contributed by atoms with Crippen molar-refractivity contribution >= 4 is 16.6 Å². The maximum absolute atomic E-state index is 10.8. The monoisotopic (exact) mass is 219 g/mol. The molecule has 0 fully saturated rings. The number of nitro benzene ring substituents is 1. The normalized spacial score (nSPS) is 12.9. The first kappa shape index (κ1) is 10.6. The van der Waals surface area contributed by atoms with Crippen LogP contribution in [-0.2, 0) is 6.42 Å². The fourth-order valence-electron chi connectivity index (χ4n) is 1.86. The molecule has 0 saturated heterocycles. The molecule has 0 amide bonds. The van der Waals surface area contributed by atoms with Gasteiger partial charge in [0.15, 0.2) is 0 Å². The number of nitrogens with two attached hydrogens (primary N) is 1. The molecular formula is C11H13N3O2. The number of para-hydroxylation sites is 1. The van der Waals surface area contributed by atoms with Gasteiger partial charge in [-0.1, -0.05) is 12.1 Å². The molecule has 1 heterocycles. The molecule has 0 spiro atoms. The molecule has 0 unspecified atom stereocenters. The average Bonchev–Trinajstić information content (AvgIpc) is 2.60. The van der Waals surface area contributed by atoms with Crippen molar-refractivity contribution in [1.82, 2.24) is 4.98 Å². The molecule has 1 atom stereocenters. The van der Waals surface area contributed by atoms with Gasteiger partial charge in [-0.2, -0.15) is 0 Å². The second-order valence-corrected chi connectivity index (χ2v) is 3.95. The van der Waals surface area contributed by atoms with Gasteiger partial charge in [-0.15, -0.1) is 0 Å². The van der Waals surface area contributed by atoms with E-state index < -0.39 is 0 Å². The maximum atomic E-state index is 10.8. The lowest BCUT2D eigenvalue weighted by Gasteiger charge is -2.02. The third-order valence-electron chi connectivity index (χ3n) is 2.52. The van der Waals surface area contributed by atoms with E-state index in [0.717, 1.165) is 10.9 Å². The second kappa shape index (κ2) is 3.94. The fourth-order valence-corrected chi connectivity index (χ4v) is 1.86. The number of fused-ring (bicyclic) bond motifs is 1. The quantitative estimate of drug-likeness (QED) is 0.611. The number of rotatable bonds is 3. The van der Waals surface area contributed by atoms with Crippen molar-refractivity contribution in [2.75, 3.05) is 0 Å². The minimum absolute atomic E-state index is 0.0401. The number of nitrogens with zero attached hydrogens (tertiary/aromatic N) is 1. The molecule has 84 valence electrons. The van der Waals surface area contributed by atoms with E-state index >= 15 is 0 Å². The van der Waals surface area contributed by atoms with Gasteiger partial charge in [0, 0.05) is 23.7 Å². The van der Waals surface area contributed by atoms with Crippen molar-refractivity contribution < 1.29 is 4.92 Å². The van der Waals surface area contributed by atoms with Crippen LogP contribution >= 0.6 is 0 Å². The van der Waals surface area contributed by atoms with Crippen LogP contribution in [0.1, 0.15) is 12.5 Å². The van der Waals surface area contributed by atoms with E-state index in [1.165, 1.54) is 6.07 Å². The Kier molecular flexibility index (Phi) is 2.62. The number of non-ortho nitro benzene ring substituents is 1. The standard InChI is InChI=1S/C11H13N3O2/c1-7(12)5-8-6-13-11-9(8)3-2-4-10(11)14(15)16/h2-4,6-7,13H,5,12H2,1H3/t7-/m1/s1. The summed E-state index contributed by atoms with van der Waals surface area (Å²) in [4.78, 5) is 13.4. The van der Waals surface area contributed by atoms with Crippen molar-refractivity contribution in [2.45, 2.75) is 19.4 Å². The summed E-state index contributed by atoms with van der Waals surface area (Å²) < 4.78 is 0. The van der Waals surface area contributed by atoms with E-state index in [1.807, 2.05) is 13.0 Å². The van der Waals surface area contributed by atoms with Gasteiger partial charge in [0.2, 0.25) is 0 Å². The minimum atomic E-state index is -0.380. The van der Waals surface area contributed by atoms with Crippen molar-refractivity contribution in [3.8, 4) is 0 Å². The predicted octanol–water partition coefficient (Wildman–Crippen LogP) is 1.97. The first-order valence-electron chi connectivity index (χ1n) is 5.08. The van der Waals surface area contributed by atoms with E-state index in [0.29, 0.717) is 11.9 Å². The van der Waals surface area contributed by atoms with Gasteiger partial charge < -0.3 is 10.7 Å². The molecule has 0 aliphatic heterocycles. The van der Waals surface area contributed by atoms with Crippen LogP contribution in [0.2, 0.25) is 0 Å². The van der Waals surface area contributed by atoms with Gasteiger partial charge in [0.05, 0.1) is 4.92 Å². The van der Waals surface area contributed by atoms with Crippen molar-refractivity contribution in [3.05, 3.63) is 40.1 Å². The highest BCUT2D eigenvalue weighted by Gasteiger charge is 2.15. The Morgan fingerprint density at radius 1 is 1.56 bits per heavy atom. The van der Waals surface area contributed by atoms with Crippen LogP contribution < -0.4 is 5.73 Å². The Balaban J connectivity index is 2.57. The van der Waals surface area contributed by atoms with E-state index in [1.54, 1.807) is 12.3 Å². The molecule has 2 aromatic rings. The molecule has 1 aromatic heterocycles. The fraction of sp³-hybridized carbons (Fsp3) is 0.273. The number of nitrogens with one attached hydrogen (secondary N) is 1. The van der Waals surface area contributed by atoms with Crippen LogP contribution in [0.4, 0.5) is 5.69 Å². The first-order valence-corrected chi connectivity index (χ1v) is 5.08. The highest BCUT2D eigenvalue weighted by molar-refractivity contribution is 5.90. The molecule has 3 N–H and O–H groups in total. The van der Waals surface area contributed by atoms with Gasteiger partial charge in [-0.05, 0) is 18.9 Å². The zero-order chi connectivity index (χ0) is 11.7. The molecule has 0 aliphatic carbocycles. The molecule has 0 aliphatic rings. The smallest absolute Gasteiger partial charge is 0.293 e. The molecule has 0 radical (unpaired) electrons. The zero-order valence-corrected chi connectivity index (χ0v) is 8.93. The molecule has 2 rings (SSSR count). The van der Waals surface area contributed by atoms with Crippen LogP contribution in [0.25, 0.3) is 10.9 Å². The number of aromatic nitrogens is 1. The minimum Gasteiger partial charge on any atom is -0.355 e. The average molecular weight is 219 g/mol. The van der Waals surface area contributed by atoms with Gasteiger partial charge >= 0.3 is 0 Å². The summed E-state index contributed by atoms with van der Waals surface area (Å²) in [6.45, 7) is 1.91. The summed E-state index contributed by atoms with van der Waals surface area (Å²) in [5, 5.41) is 11.7. The highest BCUT2D eigenvalue weighted by Crippen LogP contribution is 2.27. The van der Waals surface area contributed by atoms with Crippen molar-refractivity contribution in [2.24, 2.45) is 5.73 Å². The Bertz CT molecular complexity index is 531. The van der Waals surface area contributed by atoms with Crippen LogP contribution in [0.15, 0.2) is 24.4 Å². The zero-order valence-electron chi connectivity index (χ0n) is 8.93. The Morgan fingerprint density at radius 3 is 2.94 bits per heavy atom. The van der Waals surface area contributed by atoms with Crippen molar-refractivity contribution in [3.63, 3.8) is 0 Å². The third-order valence-corrected chi connectivity index (χ3v) is 2.52. The summed E-state index contributed by atoms with van der Waals surface area (Å²) in [5.74, 6) is 0. The largest absolute Gasteiger partial charge is 0.355 e. The SMILES string of the molecule is C[C@@H](N)Cc1c[nH]c2c([N+](=O)[O-])cccc12. The van der Waals surface area contributed by atoms with Crippen molar-refractivity contribution in [1.29, 1.82) is 0 Å². The van der Waals surface area contributed by atoms with Crippen LogP contribution in [-0.4, -0.2) is 15.9 Å². The van der Waals surface area contributed by atoms with E-state index in [4.69, 9.17) is 5.73 Å². The molecule has 5 heteroatoms. The number of hydrogen-bond donors (Lipinski definition) is 2. The van der Waals surface area contributed by atoms with Crippen LogP contribution in [0.5, 0.6) is 0 Å². The maximum Gasteiger partial charge on any atom is 0.293 e. The Hall–Kier alpha value is -1.88. The summed E-state index contributed by atoms with van der Waals surface area (Å²) in [5.41, 5.74) is 7.42. The summed E-state index contributed by atoms with van der Waals surface area (Å²) >= 11 is 0. The molecule has 1 aromatic carbocycles. The van der Waals surface area contributed by atoms with Crippen LogP contribution in [0, 0.1) is 10.1 Å². The lowest BCUT2D eigenvalue weighted by molar-refractivity contribution is -0.383. The van der Waals surface area contributed by atoms with E-state index in [9.17, 15) is 10.1 Å². The molecule has 5 nitrogen and oxygen atoms in total. The molecular weight excluding hydrogens is 206 g/mol. The third kappa shape index (κ3) is 1.77. The van der Waals surface area contributed by atoms with Gasteiger partial charge in [0.1, 0.15) is 5.52 Å². The lowest BCUT2D eigenvalue weighted by atomic mass is 10.1. The number of benzene rings is 1. The van der Waals surface area contributed by atoms with Crippen LogP contribution in [0.3, 0.4) is 0 Å². The number of aromatic amines is 1. The topological polar surface area (TPSA) is 85.0 Å². The number of nitro groups is 1. The van der Waals surface area contributed by atoms with Gasteiger partial charge in [0.25, 0.3) is 5.69 Å². The summed E-state index contributed by atoms with van der Waals surface area (Å²) in [6.07, 6.45) is 2.50.